The lowest BCUT2D eigenvalue weighted by Gasteiger charge is -2.20. The predicted molar refractivity (Wildman–Crippen MR) is 89.1 cm³/mol. The first-order valence-corrected chi connectivity index (χ1v) is 8.82. The predicted octanol–water partition coefficient (Wildman–Crippen LogP) is 2.83. The number of hydrogen-bond donors (Lipinski definition) is 1. The molecule has 0 amide bonds. The summed E-state index contributed by atoms with van der Waals surface area (Å²) in [5.74, 6) is 0.705. The van der Waals surface area contributed by atoms with Gasteiger partial charge in [-0.1, -0.05) is 6.92 Å². The Bertz CT molecular complexity index is 595. The van der Waals surface area contributed by atoms with E-state index in [2.05, 4.69) is 46.6 Å². The number of fused-ring (bicyclic) bond motifs is 1. The molecule has 0 aromatic carbocycles. The molecule has 1 N–H and O–H groups in total. The quantitative estimate of drug-likeness (QED) is 0.891. The number of rotatable bonds is 6. The topological polar surface area (TPSA) is 32.6 Å². The van der Waals surface area contributed by atoms with E-state index in [-0.39, 0.29) is 0 Å². The van der Waals surface area contributed by atoms with Crippen molar-refractivity contribution in [2.45, 2.75) is 40.2 Å². The van der Waals surface area contributed by atoms with E-state index in [1.54, 1.807) is 11.3 Å². The van der Waals surface area contributed by atoms with Gasteiger partial charge in [0.15, 0.2) is 4.96 Å². The highest BCUT2D eigenvalue weighted by atomic mass is 32.1. The lowest BCUT2D eigenvalue weighted by atomic mass is 10.1. The molecule has 2 aromatic heterocycles. The van der Waals surface area contributed by atoms with Gasteiger partial charge in [0.25, 0.3) is 0 Å². The third-order valence-corrected chi connectivity index (χ3v) is 5.19. The van der Waals surface area contributed by atoms with Crippen LogP contribution in [0, 0.1) is 19.8 Å². The largest absolute Gasteiger partial charge is 0.311 e. The van der Waals surface area contributed by atoms with E-state index in [0.29, 0.717) is 5.92 Å². The molecule has 1 aliphatic rings. The number of aryl methyl sites for hydroxylation is 2. The van der Waals surface area contributed by atoms with Crippen LogP contribution in [0.25, 0.3) is 4.96 Å². The van der Waals surface area contributed by atoms with Crippen molar-refractivity contribution < 1.29 is 0 Å². The molecule has 21 heavy (non-hydrogen) atoms. The molecule has 116 valence electrons. The van der Waals surface area contributed by atoms with Crippen molar-refractivity contribution >= 4 is 16.3 Å². The maximum absolute atomic E-state index is 4.65. The van der Waals surface area contributed by atoms with Gasteiger partial charge in [-0.3, -0.25) is 4.40 Å². The molecule has 0 radical (unpaired) electrons. The van der Waals surface area contributed by atoms with Gasteiger partial charge < -0.3 is 10.2 Å². The van der Waals surface area contributed by atoms with Gasteiger partial charge in [-0.2, -0.15) is 0 Å². The SMILES string of the molecule is Cc1cn2c(CNCC(C)CN3CCCC3)c(C)nc2s1. The van der Waals surface area contributed by atoms with Crippen LogP contribution in [0.4, 0.5) is 0 Å². The summed E-state index contributed by atoms with van der Waals surface area (Å²) in [6.07, 6.45) is 4.96. The van der Waals surface area contributed by atoms with Crippen molar-refractivity contribution in [2.24, 2.45) is 5.92 Å². The van der Waals surface area contributed by atoms with Crippen molar-refractivity contribution in [3.8, 4) is 0 Å². The third-order valence-electron chi connectivity index (χ3n) is 4.29. The van der Waals surface area contributed by atoms with Crippen molar-refractivity contribution in [3.05, 3.63) is 22.5 Å². The second kappa shape index (κ2) is 6.46. The maximum Gasteiger partial charge on any atom is 0.194 e. The summed E-state index contributed by atoms with van der Waals surface area (Å²) in [6.45, 7) is 12.4. The van der Waals surface area contributed by atoms with Crippen LogP contribution < -0.4 is 5.32 Å². The van der Waals surface area contributed by atoms with E-state index in [4.69, 9.17) is 0 Å². The smallest absolute Gasteiger partial charge is 0.194 e. The standard InChI is InChI=1S/C16H26N4S/c1-12(10-19-6-4-5-7-19)8-17-9-15-14(3)18-16-20(15)11-13(2)21-16/h11-12,17H,4-10H2,1-3H3. The average Bonchev–Trinajstić information content (AvgIpc) is 3.09. The minimum Gasteiger partial charge on any atom is -0.311 e. The number of likely N-dealkylation sites (tertiary alicyclic amines) is 1. The van der Waals surface area contributed by atoms with Gasteiger partial charge in [0.2, 0.25) is 0 Å². The minimum absolute atomic E-state index is 0.705. The molecular formula is C16H26N4S. The summed E-state index contributed by atoms with van der Waals surface area (Å²) < 4.78 is 2.24. The Morgan fingerprint density at radius 3 is 2.86 bits per heavy atom. The molecule has 1 fully saturated rings. The fourth-order valence-electron chi connectivity index (χ4n) is 3.23. The van der Waals surface area contributed by atoms with Crippen LogP contribution in [0.15, 0.2) is 6.20 Å². The second-order valence-electron chi connectivity index (χ2n) is 6.38. The van der Waals surface area contributed by atoms with Crippen molar-refractivity contribution in [1.29, 1.82) is 0 Å². The highest BCUT2D eigenvalue weighted by molar-refractivity contribution is 7.17. The number of imidazole rings is 1. The van der Waals surface area contributed by atoms with E-state index in [0.717, 1.165) is 23.7 Å². The molecule has 5 heteroatoms. The Morgan fingerprint density at radius 2 is 2.10 bits per heavy atom. The highest BCUT2D eigenvalue weighted by Gasteiger charge is 2.15. The zero-order chi connectivity index (χ0) is 14.8. The van der Waals surface area contributed by atoms with Gasteiger partial charge in [0.05, 0.1) is 11.4 Å². The summed E-state index contributed by atoms with van der Waals surface area (Å²) in [5, 5.41) is 3.62. The monoisotopic (exact) mass is 306 g/mol. The molecule has 0 spiro atoms. The van der Waals surface area contributed by atoms with Gasteiger partial charge in [-0.15, -0.1) is 11.3 Å². The normalized spacial score (nSPS) is 17.9. The van der Waals surface area contributed by atoms with E-state index in [1.807, 2.05) is 0 Å². The number of aromatic nitrogens is 2. The van der Waals surface area contributed by atoms with Crippen LogP contribution >= 0.6 is 11.3 Å². The maximum atomic E-state index is 4.65. The molecule has 4 nitrogen and oxygen atoms in total. The first kappa shape index (κ1) is 15.0. The molecule has 1 aliphatic heterocycles. The summed E-state index contributed by atoms with van der Waals surface area (Å²) in [7, 11) is 0. The molecule has 0 aliphatic carbocycles. The molecule has 1 saturated heterocycles. The fourth-order valence-corrected chi connectivity index (χ4v) is 4.12. The van der Waals surface area contributed by atoms with E-state index < -0.39 is 0 Å². The third kappa shape index (κ3) is 3.47. The highest BCUT2D eigenvalue weighted by Crippen LogP contribution is 2.20. The summed E-state index contributed by atoms with van der Waals surface area (Å²) in [5.41, 5.74) is 2.46. The van der Waals surface area contributed by atoms with Crippen molar-refractivity contribution in [2.75, 3.05) is 26.2 Å². The van der Waals surface area contributed by atoms with Gasteiger partial charge in [0.1, 0.15) is 0 Å². The first-order valence-electron chi connectivity index (χ1n) is 8.00. The zero-order valence-electron chi connectivity index (χ0n) is 13.4. The van der Waals surface area contributed by atoms with Gasteiger partial charge >= 0.3 is 0 Å². The minimum atomic E-state index is 0.705. The molecule has 1 atom stereocenters. The Balaban J connectivity index is 1.52. The zero-order valence-corrected chi connectivity index (χ0v) is 14.2. The van der Waals surface area contributed by atoms with Gasteiger partial charge in [-0.05, 0) is 52.2 Å². The van der Waals surface area contributed by atoms with E-state index >= 15 is 0 Å². The average molecular weight is 306 g/mol. The van der Waals surface area contributed by atoms with Gasteiger partial charge in [0, 0.05) is 24.2 Å². The second-order valence-corrected chi connectivity index (χ2v) is 7.60. The summed E-state index contributed by atoms with van der Waals surface area (Å²) in [6, 6.07) is 0. The Kier molecular flexibility index (Phi) is 4.62. The van der Waals surface area contributed by atoms with Crippen LogP contribution in [0.2, 0.25) is 0 Å². The Morgan fingerprint density at radius 1 is 1.33 bits per heavy atom. The van der Waals surface area contributed by atoms with Crippen LogP contribution in [0.5, 0.6) is 0 Å². The lowest BCUT2D eigenvalue weighted by molar-refractivity contribution is 0.282. The Hall–Kier alpha value is -0.910. The molecule has 3 heterocycles. The molecule has 0 saturated carbocycles. The van der Waals surface area contributed by atoms with Crippen molar-refractivity contribution in [1.82, 2.24) is 19.6 Å². The number of nitrogens with one attached hydrogen (secondary N) is 1. The Labute approximate surface area is 131 Å². The molecule has 2 aromatic rings. The molecule has 1 unspecified atom stereocenters. The van der Waals surface area contributed by atoms with E-state index in [9.17, 15) is 0 Å². The van der Waals surface area contributed by atoms with E-state index in [1.165, 1.54) is 43.0 Å². The lowest BCUT2D eigenvalue weighted by Crippen LogP contribution is -2.31. The van der Waals surface area contributed by atoms with Crippen LogP contribution in [-0.4, -0.2) is 40.5 Å². The number of nitrogens with zero attached hydrogens (tertiary/aromatic N) is 3. The molecular weight excluding hydrogens is 280 g/mol. The molecule has 3 rings (SSSR count). The van der Waals surface area contributed by atoms with Gasteiger partial charge in [-0.25, -0.2) is 4.98 Å². The van der Waals surface area contributed by atoms with Crippen LogP contribution in [0.1, 0.15) is 36.0 Å². The fraction of sp³-hybridized carbons (Fsp3) is 0.688. The first-order chi connectivity index (χ1) is 10.1. The van der Waals surface area contributed by atoms with Crippen LogP contribution in [0.3, 0.4) is 0 Å². The summed E-state index contributed by atoms with van der Waals surface area (Å²) in [4.78, 5) is 9.68. The number of hydrogen-bond acceptors (Lipinski definition) is 4. The summed E-state index contributed by atoms with van der Waals surface area (Å²) >= 11 is 1.77. The number of thiazole rings is 1. The van der Waals surface area contributed by atoms with Crippen LogP contribution in [-0.2, 0) is 6.54 Å². The molecule has 0 bridgehead atoms. The van der Waals surface area contributed by atoms with Crippen molar-refractivity contribution in [3.63, 3.8) is 0 Å².